The molecule has 1 N–H and O–H groups in total. The van der Waals surface area contributed by atoms with Gasteiger partial charge in [0, 0.05) is 25.0 Å². The van der Waals surface area contributed by atoms with Gasteiger partial charge in [-0.25, -0.2) is 4.98 Å². The van der Waals surface area contributed by atoms with Crippen LogP contribution in [-0.2, 0) is 6.61 Å². The zero-order chi connectivity index (χ0) is 12.7. The molecule has 1 unspecified atom stereocenters. The molecule has 0 radical (unpaired) electrons. The fourth-order valence-electron chi connectivity index (χ4n) is 2.61. The highest BCUT2D eigenvalue weighted by Crippen LogP contribution is 2.44. The highest BCUT2D eigenvalue weighted by molar-refractivity contribution is 7.15. The number of anilines is 1. The third-order valence-electron chi connectivity index (χ3n) is 3.99. The lowest BCUT2D eigenvalue weighted by Gasteiger charge is -2.19. The molecule has 3 rings (SSSR count). The average molecular weight is 267 g/mol. The van der Waals surface area contributed by atoms with Crippen LogP contribution in [0, 0.1) is 0 Å². The van der Waals surface area contributed by atoms with Crippen molar-refractivity contribution in [2.45, 2.75) is 37.8 Å². The van der Waals surface area contributed by atoms with Crippen molar-refractivity contribution in [1.29, 1.82) is 0 Å². The summed E-state index contributed by atoms with van der Waals surface area (Å²) in [5.74, 6) is 0.629. The molecule has 1 saturated heterocycles. The van der Waals surface area contributed by atoms with E-state index in [-0.39, 0.29) is 6.61 Å². The van der Waals surface area contributed by atoms with E-state index in [0.29, 0.717) is 12.0 Å². The molecule has 18 heavy (non-hydrogen) atoms. The number of nitrogens with zero attached hydrogens (tertiary/aromatic N) is 3. The number of hydrogen-bond acceptors (Lipinski definition) is 5. The summed E-state index contributed by atoms with van der Waals surface area (Å²) in [4.78, 5) is 10.5. The number of aliphatic hydroxyl groups is 1. The molecule has 0 spiro atoms. The van der Waals surface area contributed by atoms with Crippen molar-refractivity contribution in [3.05, 3.63) is 10.6 Å². The molecule has 2 fully saturated rings. The standard InChI is InChI=1S/C13H21N3OS/c1-15(2)10-5-6-16(7-10)13-14-12(9-3-4-9)11(8-17)18-13/h9-10,17H,3-8H2,1-2H3. The van der Waals surface area contributed by atoms with Gasteiger partial charge < -0.3 is 14.9 Å². The first-order valence-corrected chi connectivity index (χ1v) is 7.52. The number of aromatic nitrogens is 1. The molecule has 100 valence electrons. The van der Waals surface area contributed by atoms with E-state index < -0.39 is 0 Å². The van der Waals surface area contributed by atoms with Gasteiger partial charge in [0.15, 0.2) is 5.13 Å². The van der Waals surface area contributed by atoms with Gasteiger partial charge in [0.2, 0.25) is 0 Å². The summed E-state index contributed by atoms with van der Waals surface area (Å²) in [6.45, 7) is 2.30. The van der Waals surface area contributed by atoms with E-state index in [1.807, 2.05) is 0 Å². The summed E-state index contributed by atoms with van der Waals surface area (Å²) in [5, 5.41) is 10.6. The number of aliphatic hydroxyl groups excluding tert-OH is 1. The monoisotopic (exact) mass is 267 g/mol. The van der Waals surface area contributed by atoms with Crippen molar-refractivity contribution in [3.63, 3.8) is 0 Å². The topological polar surface area (TPSA) is 39.6 Å². The van der Waals surface area contributed by atoms with E-state index in [1.165, 1.54) is 25.0 Å². The zero-order valence-electron chi connectivity index (χ0n) is 11.1. The first-order chi connectivity index (χ1) is 8.69. The normalized spacial score (nSPS) is 24.2. The van der Waals surface area contributed by atoms with Crippen molar-refractivity contribution < 1.29 is 5.11 Å². The van der Waals surface area contributed by atoms with Gasteiger partial charge in [-0.15, -0.1) is 0 Å². The Kier molecular flexibility index (Phi) is 3.30. The minimum Gasteiger partial charge on any atom is -0.391 e. The van der Waals surface area contributed by atoms with Gasteiger partial charge in [-0.05, 0) is 33.4 Å². The van der Waals surface area contributed by atoms with E-state index in [0.717, 1.165) is 23.1 Å². The molecule has 1 aliphatic carbocycles. The number of rotatable bonds is 4. The second-order valence-corrected chi connectivity index (χ2v) is 6.65. The molecule has 2 aliphatic rings. The third-order valence-corrected chi connectivity index (χ3v) is 5.10. The Bertz CT molecular complexity index is 428. The average Bonchev–Trinajstić information content (AvgIpc) is 2.94. The third kappa shape index (κ3) is 2.27. The Morgan fingerprint density at radius 1 is 1.39 bits per heavy atom. The van der Waals surface area contributed by atoms with Crippen molar-refractivity contribution in [2.75, 3.05) is 32.1 Å². The highest BCUT2D eigenvalue weighted by atomic mass is 32.1. The smallest absolute Gasteiger partial charge is 0.185 e. The van der Waals surface area contributed by atoms with Crippen molar-refractivity contribution >= 4 is 16.5 Å². The molecule has 2 heterocycles. The van der Waals surface area contributed by atoms with Crippen LogP contribution in [0.4, 0.5) is 5.13 Å². The number of thiazole rings is 1. The maximum atomic E-state index is 9.44. The SMILES string of the molecule is CN(C)C1CCN(c2nc(C3CC3)c(CO)s2)C1. The van der Waals surface area contributed by atoms with Crippen LogP contribution >= 0.6 is 11.3 Å². The second-order valence-electron chi connectivity index (χ2n) is 5.59. The molecule has 4 nitrogen and oxygen atoms in total. The summed E-state index contributed by atoms with van der Waals surface area (Å²) < 4.78 is 0. The first-order valence-electron chi connectivity index (χ1n) is 6.71. The van der Waals surface area contributed by atoms with E-state index in [4.69, 9.17) is 4.98 Å². The van der Waals surface area contributed by atoms with Gasteiger partial charge >= 0.3 is 0 Å². The Labute approximate surface area is 112 Å². The molecule has 0 bridgehead atoms. The van der Waals surface area contributed by atoms with Gasteiger partial charge in [0.1, 0.15) is 0 Å². The predicted octanol–water partition coefficient (Wildman–Crippen LogP) is 1.65. The maximum Gasteiger partial charge on any atom is 0.185 e. The molecule has 1 atom stereocenters. The number of hydrogen-bond donors (Lipinski definition) is 1. The highest BCUT2D eigenvalue weighted by Gasteiger charge is 2.32. The molecular weight excluding hydrogens is 246 g/mol. The molecule has 0 aromatic carbocycles. The second kappa shape index (κ2) is 4.79. The Morgan fingerprint density at radius 3 is 2.72 bits per heavy atom. The molecule has 1 aromatic heterocycles. The Morgan fingerprint density at radius 2 is 2.17 bits per heavy atom. The van der Waals surface area contributed by atoms with Crippen LogP contribution < -0.4 is 4.90 Å². The lowest BCUT2D eigenvalue weighted by Crippen LogP contribution is -2.31. The molecule has 0 amide bonds. The maximum absolute atomic E-state index is 9.44. The van der Waals surface area contributed by atoms with E-state index >= 15 is 0 Å². The lowest BCUT2D eigenvalue weighted by atomic mass is 10.2. The minimum absolute atomic E-state index is 0.147. The Hall–Kier alpha value is -0.650. The largest absolute Gasteiger partial charge is 0.391 e. The molecule has 1 aliphatic heterocycles. The minimum atomic E-state index is 0.147. The van der Waals surface area contributed by atoms with Crippen LogP contribution in [0.3, 0.4) is 0 Å². The Balaban J connectivity index is 1.76. The van der Waals surface area contributed by atoms with Crippen LogP contribution in [0.2, 0.25) is 0 Å². The van der Waals surface area contributed by atoms with Crippen molar-refractivity contribution in [3.8, 4) is 0 Å². The van der Waals surface area contributed by atoms with E-state index in [9.17, 15) is 5.11 Å². The van der Waals surface area contributed by atoms with E-state index in [2.05, 4.69) is 23.9 Å². The van der Waals surface area contributed by atoms with Crippen LogP contribution in [-0.4, -0.2) is 48.2 Å². The van der Waals surface area contributed by atoms with Crippen LogP contribution in [0.15, 0.2) is 0 Å². The summed E-state index contributed by atoms with van der Waals surface area (Å²) >= 11 is 1.69. The van der Waals surface area contributed by atoms with Crippen molar-refractivity contribution in [2.24, 2.45) is 0 Å². The number of likely N-dealkylation sites (N-methyl/N-ethyl adjacent to an activating group) is 1. The summed E-state index contributed by atoms with van der Waals surface area (Å²) in [6, 6.07) is 0.635. The lowest BCUT2D eigenvalue weighted by molar-refractivity contribution is 0.284. The fraction of sp³-hybridized carbons (Fsp3) is 0.769. The summed E-state index contributed by atoms with van der Waals surface area (Å²) in [6.07, 6.45) is 3.70. The van der Waals surface area contributed by atoms with Crippen molar-refractivity contribution in [1.82, 2.24) is 9.88 Å². The van der Waals surface area contributed by atoms with Gasteiger partial charge in [0.05, 0.1) is 17.2 Å². The quantitative estimate of drug-likeness (QED) is 0.900. The van der Waals surface area contributed by atoms with Gasteiger partial charge in [-0.1, -0.05) is 11.3 Å². The molecule has 1 saturated carbocycles. The predicted molar refractivity (Wildman–Crippen MR) is 74.3 cm³/mol. The zero-order valence-corrected chi connectivity index (χ0v) is 11.9. The summed E-state index contributed by atoms with van der Waals surface area (Å²) in [7, 11) is 4.29. The summed E-state index contributed by atoms with van der Waals surface area (Å²) in [5.41, 5.74) is 1.17. The van der Waals surface area contributed by atoms with Gasteiger partial charge in [-0.3, -0.25) is 0 Å². The first kappa shape index (κ1) is 12.4. The fourth-order valence-corrected chi connectivity index (χ4v) is 3.65. The molecule has 1 aromatic rings. The molecule has 5 heteroatoms. The van der Waals surface area contributed by atoms with Crippen LogP contribution in [0.25, 0.3) is 0 Å². The van der Waals surface area contributed by atoms with Gasteiger partial charge in [0.25, 0.3) is 0 Å². The van der Waals surface area contributed by atoms with Gasteiger partial charge in [-0.2, -0.15) is 0 Å². The van der Waals surface area contributed by atoms with Crippen LogP contribution in [0.5, 0.6) is 0 Å². The van der Waals surface area contributed by atoms with Crippen LogP contribution in [0.1, 0.15) is 35.8 Å². The molecular formula is C13H21N3OS. The van der Waals surface area contributed by atoms with E-state index in [1.54, 1.807) is 11.3 Å².